The molecule has 0 fully saturated rings. The molecular formula is C13H12N2. The summed E-state index contributed by atoms with van der Waals surface area (Å²) in [6.07, 6.45) is 10.6. The molecule has 0 bridgehead atoms. The molecule has 74 valence electrons. The second-order valence-corrected chi connectivity index (χ2v) is 3.69. The van der Waals surface area contributed by atoms with Crippen molar-refractivity contribution in [2.24, 2.45) is 0 Å². The highest BCUT2D eigenvalue weighted by Crippen LogP contribution is 2.23. The SMILES string of the molecule is C1=CC2=CN(c3ccccc3)NC2C=C1. The number of fused-ring (bicyclic) bond motifs is 1. The third-order valence-electron chi connectivity index (χ3n) is 2.65. The summed E-state index contributed by atoms with van der Waals surface area (Å²) in [5.74, 6) is 0. The van der Waals surface area contributed by atoms with Gasteiger partial charge in [0.05, 0.1) is 11.7 Å². The minimum absolute atomic E-state index is 0.329. The van der Waals surface area contributed by atoms with Crippen LogP contribution in [0.5, 0.6) is 0 Å². The number of hydrogen-bond acceptors (Lipinski definition) is 2. The van der Waals surface area contributed by atoms with Gasteiger partial charge in [-0.1, -0.05) is 42.5 Å². The van der Waals surface area contributed by atoms with Crippen molar-refractivity contribution in [1.82, 2.24) is 5.43 Å². The maximum Gasteiger partial charge on any atom is 0.0714 e. The Kier molecular flexibility index (Phi) is 1.93. The van der Waals surface area contributed by atoms with Gasteiger partial charge in [-0.2, -0.15) is 0 Å². The predicted molar refractivity (Wildman–Crippen MR) is 62.2 cm³/mol. The van der Waals surface area contributed by atoms with Crippen LogP contribution in [0.25, 0.3) is 0 Å². The first-order valence-electron chi connectivity index (χ1n) is 5.10. The van der Waals surface area contributed by atoms with Crippen molar-refractivity contribution >= 4 is 5.69 Å². The molecule has 0 saturated heterocycles. The minimum Gasteiger partial charge on any atom is -0.283 e. The summed E-state index contributed by atoms with van der Waals surface area (Å²) < 4.78 is 0. The molecule has 0 spiro atoms. The first-order chi connectivity index (χ1) is 7.43. The number of allylic oxidation sites excluding steroid dienone is 2. The fourth-order valence-electron chi connectivity index (χ4n) is 1.87. The van der Waals surface area contributed by atoms with Crippen LogP contribution >= 0.6 is 0 Å². The molecule has 0 aromatic heterocycles. The molecule has 1 aliphatic carbocycles. The van der Waals surface area contributed by atoms with Gasteiger partial charge in [0, 0.05) is 6.20 Å². The molecule has 1 aromatic rings. The van der Waals surface area contributed by atoms with E-state index in [1.54, 1.807) is 0 Å². The third-order valence-corrected chi connectivity index (χ3v) is 2.65. The van der Waals surface area contributed by atoms with E-state index in [4.69, 9.17) is 0 Å². The van der Waals surface area contributed by atoms with Crippen molar-refractivity contribution in [3.63, 3.8) is 0 Å². The molecule has 1 N–H and O–H groups in total. The molecule has 1 heterocycles. The van der Waals surface area contributed by atoms with E-state index < -0.39 is 0 Å². The lowest BCUT2D eigenvalue weighted by atomic mass is 10.1. The number of nitrogens with zero attached hydrogens (tertiary/aromatic N) is 1. The van der Waals surface area contributed by atoms with Crippen LogP contribution in [0.4, 0.5) is 5.69 Å². The van der Waals surface area contributed by atoms with Gasteiger partial charge in [0.1, 0.15) is 0 Å². The van der Waals surface area contributed by atoms with E-state index in [9.17, 15) is 0 Å². The van der Waals surface area contributed by atoms with Crippen molar-refractivity contribution in [1.29, 1.82) is 0 Å². The topological polar surface area (TPSA) is 15.3 Å². The van der Waals surface area contributed by atoms with Crippen LogP contribution in [0.2, 0.25) is 0 Å². The average Bonchev–Trinajstić information content (AvgIpc) is 2.74. The molecule has 0 amide bonds. The summed E-state index contributed by atoms with van der Waals surface area (Å²) in [6, 6.07) is 10.6. The number of nitrogens with one attached hydrogen (secondary N) is 1. The van der Waals surface area contributed by atoms with Gasteiger partial charge in [-0.25, -0.2) is 5.43 Å². The molecule has 2 aliphatic rings. The fraction of sp³-hybridized carbons (Fsp3) is 0.0769. The van der Waals surface area contributed by atoms with Crippen molar-refractivity contribution in [2.45, 2.75) is 6.04 Å². The average molecular weight is 196 g/mol. The maximum atomic E-state index is 3.41. The van der Waals surface area contributed by atoms with Gasteiger partial charge >= 0.3 is 0 Å². The monoisotopic (exact) mass is 196 g/mol. The Hall–Kier alpha value is -1.80. The largest absolute Gasteiger partial charge is 0.283 e. The zero-order valence-corrected chi connectivity index (χ0v) is 8.30. The van der Waals surface area contributed by atoms with E-state index in [2.05, 4.69) is 53.1 Å². The first kappa shape index (κ1) is 8.50. The smallest absolute Gasteiger partial charge is 0.0714 e. The van der Waals surface area contributed by atoms with Gasteiger partial charge in [0.15, 0.2) is 0 Å². The molecule has 1 aliphatic heterocycles. The number of hydrazine groups is 1. The molecule has 2 nitrogen and oxygen atoms in total. The van der Waals surface area contributed by atoms with Crippen molar-refractivity contribution < 1.29 is 0 Å². The number of benzene rings is 1. The molecule has 1 aromatic carbocycles. The maximum absolute atomic E-state index is 3.41. The first-order valence-corrected chi connectivity index (χ1v) is 5.10. The second kappa shape index (κ2) is 3.41. The number of para-hydroxylation sites is 1. The van der Waals surface area contributed by atoms with Gasteiger partial charge in [0.25, 0.3) is 0 Å². The van der Waals surface area contributed by atoms with Crippen molar-refractivity contribution in [3.8, 4) is 0 Å². The molecule has 15 heavy (non-hydrogen) atoms. The summed E-state index contributed by atoms with van der Waals surface area (Å²) >= 11 is 0. The summed E-state index contributed by atoms with van der Waals surface area (Å²) in [4.78, 5) is 0. The van der Waals surface area contributed by atoms with E-state index >= 15 is 0 Å². The van der Waals surface area contributed by atoms with Crippen LogP contribution in [0.15, 0.2) is 66.4 Å². The van der Waals surface area contributed by atoms with E-state index in [0.29, 0.717) is 6.04 Å². The standard InChI is InChI=1S/C13H12N2/c1-2-7-12(8-3-1)15-10-11-6-4-5-9-13(11)14-15/h1-10,13-14H. The lowest BCUT2D eigenvalue weighted by Gasteiger charge is -2.18. The third kappa shape index (κ3) is 1.49. The van der Waals surface area contributed by atoms with Gasteiger partial charge in [0.2, 0.25) is 0 Å². The van der Waals surface area contributed by atoms with Gasteiger partial charge in [-0.15, -0.1) is 0 Å². The van der Waals surface area contributed by atoms with Crippen LogP contribution in [0, 0.1) is 0 Å². The Morgan fingerprint density at radius 3 is 2.73 bits per heavy atom. The molecule has 2 heteroatoms. The summed E-state index contributed by atoms with van der Waals surface area (Å²) in [5, 5.41) is 2.07. The van der Waals surface area contributed by atoms with E-state index in [0.717, 1.165) is 0 Å². The Morgan fingerprint density at radius 1 is 1.07 bits per heavy atom. The number of rotatable bonds is 1. The molecular weight excluding hydrogens is 184 g/mol. The summed E-state index contributed by atoms with van der Waals surface area (Å²) in [7, 11) is 0. The lowest BCUT2D eigenvalue weighted by Crippen LogP contribution is -2.35. The fourth-order valence-corrected chi connectivity index (χ4v) is 1.87. The molecule has 1 atom stereocenters. The quantitative estimate of drug-likeness (QED) is 0.742. The van der Waals surface area contributed by atoms with E-state index in [-0.39, 0.29) is 0 Å². The van der Waals surface area contributed by atoms with Crippen molar-refractivity contribution in [2.75, 3.05) is 5.01 Å². The van der Waals surface area contributed by atoms with E-state index in [1.807, 2.05) is 18.2 Å². The van der Waals surface area contributed by atoms with Crippen LogP contribution in [0.1, 0.15) is 0 Å². The summed E-state index contributed by atoms with van der Waals surface area (Å²) in [6.45, 7) is 0. The molecule has 0 radical (unpaired) electrons. The van der Waals surface area contributed by atoms with Crippen LogP contribution in [-0.2, 0) is 0 Å². The second-order valence-electron chi connectivity index (χ2n) is 3.69. The highest BCUT2D eigenvalue weighted by molar-refractivity contribution is 5.54. The minimum atomic E-state index is 0.329. The lowest BCUT2D eigenvalue weighted by molar-refractivity contribution is 0.716. The number of hydrogen-bond donors (Lipinski definition) is 1. The van der Waals surface area contributed by atoms with Gasteiger partial charge in [-0.3, -0.25) is 5.01 Å². The highest BCUT2D eigenvalue weighted by atomic mass is 15.5. The molecule has 3 rings (SSSR count). The van der Waals surface area contributed by atoms with Crippen LogP contribution in [0.3, 0.4) is 0 Å². The Balaban J connectivity index is 1.91. The van der Waals surface area contributed by atoms with E-state index in [1.165, 1.54) is 11.3 Å². The summed E-state index contributed by atoms with van der Waals surface area (Å²) in [5.41, 5.74) is 5.89. The molecule has 0 saturated carbocycles. The Bertz CT molecular complexity index is 443. The predicted octanol–water partition coefficient (Wildman–Crippen LogP) is 2.39. The zero-order valence-electron chi connectivity index (χ0n) is 8.30. The van der Waals surface area contributed by atoms with Crippen LogP contribution < -0.4 is 10.4 Å². The van der Waals surface area contributed by atoms with Crippen LogP contribution in [-0.4, -0.2) is 6.04 Å². The Morgan fingerprint density at radius 2 is 1.93 bits per heavy atom. The number of anilines is 1. The highest BCUT2D eigenvalue weighted by Gasteiger charge is 2.21. The molecule has 1 unspecified atom stereocenters. The Labute approximate surface area is 89.2 Å². The van der Waals surface area contributed by atoms with Gasteiger partial charge < -0.3 is 0 Å². The normalized spacial score (nSPS) is 22.8. The van der Waals surface area contributed by atoms with Gasteiger partial charge in [-0.05, 0) is 17.7 Å². The van der Waals surface area contributed by atoms with Crippen molar-refractivity contribution in [3.05, 3.63) is 66.4 Å². The zero-order chi connectivity index (χ0) is 10.1.